The molecule has 1 fully saturated rings. The van der Waals surface area contributed by atoms with Gasteiger partial charge < -0.3 is 15.4 Å². The van der Waals surface area contributed by atoms with Crippen molar-refractivity contribution in [2.75, 3.05) is 25.0 Å². The molecule has 5 heteroatoms. The number of benzene rings is 2. The van der Waals surface area contributed by atoms with Crippen LogP contribution in [0.2, 0.25) is 0 Å². The van der Waals surface area contributed by atoms with Gasteiger partial charge in [-0.25, -0.2) is 0 Å². The summed E-state index contributed by atoms with van der Waals surface area (Å²) in [5, 5.41) is 6.34. The van der Waals surface area contributed by atoms with Gasteiger partial charge in [0.1, 0.15) is 11.5 Å². The van der Waals surface area contributed by atoms with Crippen molar-refractivity contribution in [3.05, 3.63) is 54.6 Å². The summed E-state index contributed by atoms with van der Waals surface area (Å²) in [6.45, 7) is 7.20. The first kappa shape index (κ1) is 19.4. The second-order valence-electron chi connectivity index (χ2n) is 6.98. The van der Waals surface area contributed by atoms with Crippen LogP contribution >= 0.6 is 0 Å². The first-order chi connectivity index (χ1) is 13.2. The molecule has 5 nitrogen and oxygen atoms in total. The number of carbonyl (C=O) groups is 1. The Balaban J connectivity index is 1.47. The first-order valence-corrected chi connectivity index (χ1v) is 9.77. The fourth-order valence-electron chi connectivity index (χ4n) is 3.43. The molecule has 1 saturated heterocycles. The van der Waals surface area contributed by atoms with E-state index in [1.54, 1.807) is 0 Å². The van der Waals surface area contributed by atoms with Gasteiger partial charge in [-0.3, -0.25) is 9.69 Å². The van der Waals surface area contributed by atoms with E-state index in [2.05, 4.69) is 22.5 Å². The largest absolute Gasteiger partial charge is 0.457 e. The maximum Gasteiger partial charge on any atom is 0.241 e. The number of carbonyl (C=O) groups excluding carboxylic acids is 1. The number of hydrogen-bond acceptors (Lipinski definition) is 4. The average molecular weight is 367 g/mol. The lowest BCUT2D eigenvalue weighted by Gasteiger charge is -2.24. The Morgan fingerprint density at radius 2 is 1.85 bits per heavy atom. The molecule has 0 aliphatic carbocycles. The third kappa shape index (κ3) is 5.55. The van der Waals surface area contributed by atoms with E-state index >= 15 is 0 Å². The zero-order valence-corrected chi connectivity index (χ0v) is 16.2. The van der Waals surface area contributed by atoms with E-state index in [1.165, 1.54) is 19.4 Å². The Hall–Kier alpha value is -2.37. The fourth-order valence-corrected chi connectivity index (χ4v) is 3.43. The normalized spacial score (nSPS) is 18.2. The van der Waals surface area contributed by atoms with E-state index in [9.17, 15) is 4.79 Å². The Bertz CT molecular complexity index is 718. The highest BCUT2D eigenvalue weighted by atomic mass is 16.5. The van der Waals surface area contributed by atoms with E-state index in [1.807, 2.05) is 61.5 Å². The summed E-state index contributed by atoms with van der Waals surface area (Å²) in [5.74, 6) is 1.51. The minimum absolute atomic E-state index is 0.0206. The Kier molecular flexibility index (Phi) is 6.85. The van der Waals surface area contributed by atoms with Gasteiger partial charge in [0.05, 0.1) is 6.04 Å². The summed E-state index contributed by atoms with van der Waals surface area (Å²) in [6.07, 6.45) is 2.45. The Labute approximate surface area is 161 Å². The van der Waals surface area contributed by atoms with E-state index in [-0.39, 0.29) is 11.9 Å². The predicted octanol–water partition coefficient (Wildman–Crippen LogP) is 3.88. The zero-order valence-electron chi connectivity index (χ0n) is 16.2. The molecule has 2 aromatic carbocycles. The van der Waals surface area contributed by atoms with Crippen LogP contribution in [0.1, 0.15) is 26.7 Å². The van der Waals surface area contributed by atoms with E-state index in [0.29, 0.717) is 6.04 Å². The quantitative estimate of drug-likeness (QED) is 0.743. The van der Waals surface area contributed by atoms with Gasteiger partial charge >= 0.3 is 0 Å². The summed E-state index contributed by atoms with van der Waals surface area (Å²) in [5.41, 5.74) is 0.769. The number of amides is 1. The third-order valence-corrected chi connectivity index (χ3v) is 5.06. The molecule has 27 heavy (non-hydrogen) atoms. The number of nitrogens with one attached hydrogen (secondary N) is 2. The number of ether oxygens (including phenoxy) is 1. The molecule has 0 saturated carbocycles. The highest BCUT2D eigenvalue weighted by molar-refractivity contribution is 5.94. The standard InChI is InChI=1S/C22H29N3O2/c1-3-25-15-7-8-19(25)16-23-17(2)22(26)24-18-11-13-21(14-12-18)27-20-9-5-4-6-10-20/h4-6,9-14,17,19,23H,3,7-8,15-16H2,1-2H3,(H,24,26). The summed E-state index contributed by atoms with van der Waals surface area (Å²) < 4.78 is 5.77. The molecule has 2 atom stereocenters. The van der Waals surface area contributed by atoms with Crippen molar-refractivity contribution in [3.63, 3.8) is 0 Å². The van der Waals surface area contributed by atoms with Gasteiger partial charge in [-0.1, -0.05) is 25.1 Å². The van der Waals surface area contributed by atoms with Gasteiger partial charge in [-0.15, -0.1) is 0 Å². The van der Waals surface area contributed by atoms with Crippen LogP contribution in [0.4, 0.5) is 5.69 Å². The van der Waals surface area contributed by atoms with Crippen LogP contribution < -0.4 is 15.4 Å². The molecule has 2 N–H and O–H groups in total. The molecule has 0 bridgehead atoms. The fraction of sp³-hybridized carbons (Fsp3) is 0.409. The third-order valence-electron chi connectivity index (χ3n) is 5.06. The number of likely N-dealkylation sites (tertiary alicyclic amines) is 1. The van der Waals surface area contributed by atoms with Gasteiger partial charge in [0, 0.05) is 18.3 Å². The summed E-state index contributed by atoms with van der Waals surface area (Å²) in [6, 6.07) is 17.4. The van der Waals surface area contributed by atoms with Crippen LogP contribution in [0, 0.1) is 0 Å². The van der Waals surface area contributed by atoms with Crippen molar-refractivity contribution in [2.24, 2.45) is 0 Å². The van der Waals surface area contributed by atoms with Crippen molar-refractivity contribution >= 4 is 11.6 Å². The van der Waals surface area contributed by atoms with Crippen LogP contribution in [0.5, 0.6) is 11.5 Å². The molecule has 1 aliphatic rings. The van der Waals surface area contributed by atoms with Crippen molar-refractivity contribution in [1.29, 1.82) is 0 Å². The molecule has 1 heterocycles. The molecule has 0 spiro atoms. The molecule has 2 aromatic rings. The maximum absolute atomic E-state index is 12.4. The molecular weight excluding hydrogens is 338 g/mol. The van der Waals surface area contributed by atoms with Crippen LogP contribution in [0.15, 0.2) is 54.6 Å². The lowest BCUT2D eigenvalue weighted by atomic mass is 10.2. The highest BCUT2D eigenvalue weighted by Gasteiger charge is 2.24. The smallest absolute Gasteiger partial charge is 0.241 e. The van der Waals surface area contributed by atoms with E-state index < -0.39 is 0 Å². The van der Waals surface area contributed by atoms with E-state index in [4.69, 9.17) is 4.74 Å². The Morgan fingerprint density at radius 3 is 2.56 bits per heavy atom. The van der Waals surface area contributed by atoms with Gasteiger partial charge in [-0.2, -0.15) is 0 Å². The van der Waals surface area contributed by atoms with Gasteiger partial charge in [0.2, 0.25) is 5.91 Å². The zero-order chi connectivity index (χ0) is 19.1. The summed E-state index contributed by atoms with van der Waals surface area (Å²) in [7, 11) is 0. The summed E-state index contributed by atoms with van der Waals surface area (Å²) >= 11 is 0. The SMILES string of the molecule is CCN1CCCC1CNC(C)C(=O)Nc1ccc(Oc2ccccc2)cc1. The number of para-hydroxylation sites is 1. The van der Waals surface area contributed by atoms with E-state index in [0.717, 1.165) is 30.3 Å². The maximum atomic E-state index is 12.4. The molecular formula is C22H29N3O2. The van der Waals surface area contributed by atoms with Gasteiger partial charge in [0.25, 0.3) is 0 Å². The molecule has 1 aliphatic heterocycles. The Morgan fingerprint density at radius 1 is 1.15 bits per heavy atom. The second kappa shape index (κ2) is 9.53. The molecule has 0 aromatic heterocycles. The van der Waals surface area contributed by atoms with Crippen LogP contribution in [-0.4, -0.2) is 42.5 Å². The number of nitrogens with zero attached hydrogens (tertiary/aromatic N) is 1. The molecule has 2 unspecified atom stereocenters. The highest BCUT2D eigenvalue weighted by Crippen LogP contribution is 2.22. The van der Waals surface area contributed by atoms with Gasteiger partial charge in [0.15, 0.2) is 0 Å². The number of rotatable bonds is 8. The molecule has 1 amide bonds. The lowest BCUT2D eigenvalue weighted by molar-refractivity contribution is -0.117. The monoisotopic (exact) mass is 367 g/mol. The summed E-state index contributed by atoms with van der Waals surface area (Å²) in [4.78, 5) is 14.9. The topological polar surface area (TPSA) is 53.6 Å². The molecule has 144 valence electrons. The van der Waals surface area contributed by atoms with Crippen LogP contribution in [0.3, 0.4) is 0 Å². The minimum atomic E-state index is -0.232. The number of hydrogen-bond donors (Lipinski definition) is 2. The average Bonchev–Trinajstić information content (AvgIpc) is 3.16. The van der Waals surface area contributed by atoms with Crippen molar-refractivity contribution in [3.8, 4) is 11.5 Å². The second-order valence-corrected chi connectivity index (χ2v) is 6.98. The molecule has 3 rings (SSSR count). The van der Waals surface area contributed by atoms with Gasteiger partial charge in [-0.05, 0) is 69.3 Å². The lowest BCUT2D eigenvalue weighted by Crippen LogP contribution is -2.45. The molecule has 0 radical (unpaired) electrons. The number of anilines is 1. The first-order valence-electron chi connectivity index (χ1n) is 9.77. The number of likely N-dealkylation sites (N-methyl/N-ethyl adjacent to an activating group) is 1. The van der Waals surface area contributed by atoms with Crippen molar-refractivity contribution < 1.29 is 9.53 Å². The van der Waals surface area contributed by atoms with Crippen molar-refractivity contribution in [1.82, 2.24) is 10.2 Å². The predicted molar refractivity (Wildman–Crippen MR) is 109 cm³/mol. The van der Waals surface area contributed by atoms with Crippen LogP contribution in [0.25, 0.3) is 0 Å². The minimum Gasteiger partial charge on any atom is -0.457 e. The van der Waals surface area contributed by atoms with Crippen LogP contribution in [-0.2, 0) is 4.79 Å². The van der Waals surface area contributed by atoms with Crippen molar-refractivity contribution in [2.45, 2.75) is 38.8 Å².